The molecular weight excluding hydrogens is 380 g/mol. The first-order valence-corrected chi connectivity index (χ1v) is 11.2. The minimum absolute atomic E-state index is 0.0387. The molecule has 3 N–H and O–H groups in total. The quantitative estimate of drug-likeness (QED) is 0.276. The lowest BCUT2D eigenvalue weighted by Crippen LogP contribution is -2.38. The third kappa shape index (κ3) is 9.13. The van der Waals surface area contributed by atoms with Crippen LogP contribution < -0.4 is 16.0 Å². The van der Waals surface area contributed by atoms with Crippen molar-refractivity contribution in [3.63, 3.8) is 0 Å². The minimum Gasteiger partial charge on any atom is -0.379 e. The molecule has 1 amide bonds. The number of hydrogen-bond donors (Lipinski definition) is 3. The van der Waals surface area contributed by atoms with Crippen LogP contribution in [-0.2, 0) is 16.0 Å². The van der Waals surface area contributed by atoms with Crippen LogP contribution in [0.5, 0.6) is 0 Å². The molecule has 2 atom stereocenters. The van der Waals surface area contributed by atoms with Crippen LogP contribution in [-0.4, -0.2) is 56.9 Å². The molecule has 1 heterocycles. The van der Waals surface area contributed by atoms with Gasteiger partial charge in [0.05, 0.1) is 19.3 Å². The molecule has 0 aliphatic carbocycles. The first-order valence-electron chi connectivity index (χ1n) is 11.2. The predicted molar refractivity (Wildman–Crippen MR) is 121 cm³/mol. The van der Waals surface area contributed by atoms with Gasteiger partial charge >= 0.3 is 0 Å². The smallest absolute Gasteiger partial charge is 0.251 e. The van der Waals surface area contributed by atoms with E-state index in [9.17, 15) is 4.79 Å². The maximum absolute atomic E-state index is 12.3. The summed E-state index contributed by atoms with van der Waals surface area (Å²) in [5.74, 6) is 0.731. The van der Waals surface area contributed by atoms with E-state index >= 15 is 0 Å². The molecular formula is C23H38N4O3. The molecule has 0 radical (unpaired) electrons. The van der Waals surface area contributed by atoms with Gasteiger partial charge in [-0.3, -0.25) is 4.79 Å². The normalized spacial score (nSPS) is 17.6. The van der Waals surface area contributed by atoms with Crippen molar-refractivity contribution in [3.05, 3.63) is 35.4 Å². The van der Waals surface area contributed by atoms with E-state index in [0.717, 1.165) is 56.9 Å². The molecule has 0 spiro atoms. The Labute approximate surface area is 181 Å². The van der Waals surface area contributed by atoms with Gasteiger partial charge in [-0.15, -0.1) is 0 Å². The molecule has 1 aliphatic heterocycles. The Kier molecular flexibility index (Phi) is 11.3. The number of aliphatic imine (C=N–C) groups is 1. The molecule has 0 saturated carbocycles. The van der Waals surface area contributed by atoms with Crippen LogP contribution >= 0.6 is 0 Å². The topological polar surface area (TPSA) is 84.0 Å². The lowest BCUT2D eigenvalue weighted by molar-refractivity contribution is 0.0168. The van der Waals surface area contributed by atoms with Crippen molar-refractivity contribution in [1.29, 1.82) is 0 Å². The highest BCUT2D eigenvalue weighted by Gasteiger charge is 2.15. The third-order valence-electron chi connectivity index (χ3n) is 5.03. The van der Waals surface area contributed by atoms with Crippen molar-refractivity contribution in [3.8, 4) is 0 Å². The van der Waals surface area contributed by atoms with Crippen LogP contribution in [0.3, 0.4) is 0 Å². The number of hydrogen-bond acceptors (Lipinski definition) is 4. The second-order valence-electron chi connectivity index (χ2n) is 7.67. The zero-order valence-electron chi connectivity index (χ0n) is 18.7. The van der Waals surface area contributed by atoms with Gasteiger partial charge in [0, 0.05) is 37.9 Å². The van der Waals surface area contributed by atoms with E-state index in [4.69, 9.17) is 9.47 Å². The van der Waals surface area contributed by atoms with Gasteiger partial charge in [-0.1, -0.05) is 19.1 Å². The number of carbonyl (C=O) groups excluding carboxylic acids is 1. The van der Waals surface area contributed by atoms with E-state index in [2.05, 4.69) is 27.9 Å². The van der Waals surface area contributed by atoms with E-state index in [1.165, 1.54) is 0 Å². The van der Waals surface area contributed by atoms with Crippen molar-refractivity contribution >= 4 is 11.9 Å². The third-order valence-corrected chi connectivity index (χ3v) is 5.03. The molecule has 1 aliphatic rings. The van der Waals surface area contributed by atoms with E-state index in [0.29, 0.717) is 25.3 Å². The summed E-state index contributed by atoms with van der Waals surface area (Å²) in [5.41, 5.74) is 1.67. The van der Waals surface area contributed by atoms with Crippen LogP contribution in [0.1, 0.15) is 62.4 Å². The molecule has 2 rings (SSSR count). The fourth-order valence-electron chi connectivity index (χ4n) is 3.10. The fraction of sp³-hybridized carbons (Fsp3) is 0.652. The summed E-state index contributed by atoms with van der Waals surface area (Å²) in [6.07, 6.45) is 4.34. The number of amides is 1. The van der Waals surface area contributed by atoms with Gasteiger partial charge in [0.25, 0.3) is 5.91 Å². The van der Waals surface area contributed by atoms with Crippen molar-refractivity contribution in [2.24, 2.45) is 4.99 Å². The summed E-state index contributed by atoms with van der Waals surface area (Å²) in [7, 11) is 0. The van der Waals surface area contributed by atoms with Gasteiger partial charge in [0.2, 0.25) is 0 Å². The predicted octanol–water partition coefficient (Wildman–Crippen LogP) is 2.86. The zero-order chi connectivity index (χ0) is 21.6. The standard InChI is InChI=1S/C23H38N4O3/c1-4-18(3)27-22(28)20-10-6-9-19(15-20)16-26-23(24-5-2)25-12-8-13-29-17-21-11-7-14-30-21/h6,9-10,15,18,21H,4-5,7-8,11-14,16-17H2,1-3H3,(H,27,28)(H2,24,25,26). The van der Waals surface area contributed by atoms with E-state index in [1.807, 2.05) is 38.1 Å². The lowest BCUT2D eigenvalue weighted by atomic mass is 10.1. The van der Waals surface area contributed by atoms with Crippen molar-refractivity contribution in [2.75, 3.05) is 32.9 Å². The fourth-order valence-corrected chi connectivity index (χ4v) is 3.10. The van der Waals surface area contributed by atoms with Crippen molar-refractivity contribution in [1.82, 2.24) is 16.0 Å². The summed E-state index contributed by atoms with van der Waals surface area (Å²) in [5, 5.41) is 9.60. The highest BCUT2D eigenvalue weighted by Crippen LogP contribution is 2.12. The summed E-state index contributed by atoms with van der Waals surface area (Å²) < 4.78 is 11.3. The molecule has 1 fully saturated rings. The highest BCUT2D eigenvalue weighted by molar-refractivity contribution is 5.94. The molecule has 0 aromatic heterocycles. The Morgan fingerprint density at radius 3 is 2.93 bits per heavy atom. The second kappa shape index (κ2) is 14.0. The molecule has 168 valence electrons. The van der Waals surface area contributed by atoms with Crippen LogP contribution in [0.2, 0.25) is 0 Å². The number of benzene rings is 1. The van der Waals surface area contributed by atoms with Crippen molar-refractivity contribution in [2.45, 2.75) is 65.1 Å². The van der Waals surface area contributed by atoms with Gasteiger partial charge in [-0.2, -0.15) is 0 Å². The monoisotopic (exact) mass is 418 g/mol. The van der Waals surface area contributed by atoms with Gasteiger partial charge in [-0.05, 0) is 57.2 Å². The second-order valence-corrected chi connectivity index (χ2v) is 7.67. The molecule has 2 unspecified atom stereocenters. The van der Waals surface area contributed by atoms with E-state index < -0.39 is 0 Å². The first-order chi connectivity index (χ1) is 14.6. The van der Waals surface area contributed by atoms with E-state index in [-0.39, 0.29) is 18.1 Å². The van der Waals surface area contributed by atoms with Crippen LogP contribution in [0.25, 0.3) is 0 Å². The summed E-state index contributed by atoms with van der Waals surface area (Å²) in [6.45, 7) is 10.5. The Balaban J connectivity index is 1.76. The van der Waals surface area contributed by atoms with Gasteiger partial charge in [0.15, 0.2) is 5.96 Å². The van der Waals surface area contributed by atoms with Gasteiger partial charge < -0.3 is 25.4 Å². The number of carbonyl (C=O) groups is 1. The number of nitrogens with zero attached hydrogens (tertiary/aromatic N) is 1. The highest BCUT2D eigenvalue weighted by atomic mass is 16.5. The molecule has 1 aromatic carbocycles. The minimum atomic E-state index is -0.0387. The molecule has 1 saturated heterocycles. The number of rotatable bonds is 12. The lowest BCUT2D eigenvalue weighted by Gasteiger charge is -2.13. The molecule has 30 heavy (non-hydrogen) atoms. The summed E-state index contributed by atoms with van der Waals surface area (Å²) in [4.78, 5) is 17.0. The number of nitrogens with one attached hydrogen (secondary N) is 3. The zero-order valence-corrected chi connectivity index (χ0v) is 18.7. The van der Waals surface area contributed by atoms with Crippen LogP contribution in [0.4, 0.5) is 0 Å². The number of guanidine groups is 1. The SMILES string of the molecule is CCNC(=NCc1cccc(C(=O)NC(C)CC)c1)NCCCOCC1CCCO1. The van der Waals surface area contributed by atoms with E-state index in [1.54, 1.807) is 0 Å². The van der Waals surface area contributed by atoms with Gasteiger partial charge in [-0.25, -0.2) is 4.99 Å². The Morgan fingerprint density at radius 2 is 2.20 bits per heavy atom. The first kappa shape index (κ1) is 24.2. The maximum atomic E-state index is 12.3. The molecule has 0 bridgehead atoms. The molecule has 1 aromatic rings. The summed E-state index contributed by atoms with van der Waals surface area (Å²) in [6, 6.07) is 7.81. The maximum Gasteiger partial charge on any atom is 0.251 e. The van der Waals surface area contributed by atoms with Gasteiger partial charge in [0.1, 0.15) is 0 Å². The van der Waals surface area contributed by atoms with Crippen molar-refractivity contribution < 1.29 is 14.3 Å². The summed E-state index contributed by atoms with van der Waals surface area (Å²) >= 11 is 0. The average molecular weight is 419 g/mol. The molecule has 7 nitrogen and oxygen atoms in total. The Morgan fingerprint density at radius 1 is 1.33 bits per heavy atom. The Bertz CT molecular complexity index is 660. The Hall–Kier alpha value is -2.12. The number of ether oxygens (including phenoxy) is 2. The van der Waals surface area contributed by atoms with Crippen LogP contribution in [0.15, 0.2) is 29.3 Å². The largest absolute Gasteiger partial charge is 0.379 e. The molecule has 7 heteroatoms. The van der Waals surface area contributed by atoms with Crippen LogP contribution in [0, 0.1) is 0 Å². The average Bonchev–Trinajstić information content (AvgIpc) is 3.28.